The van der Waals surface area contributed by atoms with Gasteiger partial charge in [0.1, 0.15) is 13.2 Å². The Bertz CT molecular complexity index is 829. The Morgan fingerprint density at radius 1 is 1.12 bits per heavy atom. The lowest BCUT2D eigenvalue weighted by atomic mass is 10.2. The van der Waals surface area contributed by atoms with E-state index in [1.54, 1.807) is 18.2 Å². The van der Waals surface area contributed by atoms with Crippen molar-refractivity contribution < 1.29 is 27.4 Å². The maximum absolute atomic E-state index is 12.9. The van der Waals surface area contributed by atoms with E-state index in [1.165, 1.54) is 12.1 Å². The second-order valence-electron chi connectivity index (χ2n) is 5.33. The van der Waals surface area contributed by atoms with Crippen molar-refractivity contribution in [2.75, 3.05) is 24.3 Å². The van der Waals surface area contributed by atoms with Crippen LogP contribution in [0.4, 0.5) is 18.9 Å². The van der Waals surface area contributed by atoms with Crippen LogP contribution in [0.1, 0.15) is 5.56 Å². The van der Waals surface area contributed by atoms with E-state index < -0.39 is 11.7 Å². The molecule has 2 aromatic rings. The van der Waals surface area contributed by atoms with E-state index in [0.29, 0.717) is 35.3 Å². The van der Waals surface area contributed by atoms with Gasteiger partial charge in [0, 0.05) is 16.6 Å². The van der Waals surface area contributed by atoms with Gasteiger partial charge in [-0.3, -0.25) is 4.79 Å². The van der Waals surface area contributed by atoms with E-state index in [0.717, 1.165) is 17.8 Å². The molecule has 9 heteroatoms. The minimum absolute atomic E-state index is 0.0482. The first-order chi connectivity index (χ1) is 12.3. The van der Waals surface area contributed by atoms with Crippen LogP contribution in [0.15, 0.2) is 41.3 Å². The van der Waals surface area contributed by atoms with Gasteiger partial charge in [0.2, 0.25) is 5.91 Å². The topological polar surface area (TPSA) is 47.6 Å². The largest absolute Gasteiger partial charge is 0.486 e. The lowest BCUT2D eigenvalue weighted by Gasteiger charge is -2.19. The summed E-state index contributed by atoms with van der Waals surface area (Å²) in [7, 11) is 0. The zero-order chi connectivity index (χ0) is 18.7. The average Bonchev–Trinajstić information content (AvgIpc) is 2.60. The zero-order valence-corrected chi connectivity index (χ0v) is 14.8. The van der Waals surface area contributed by atoms with Crippen molar-refractivity contribution in [1.29, 1.82) is 0 Å². The summed E-state index contributed by atoms with van der Waals surface area (Å²) in [5, 5.41) is 2.30. The van der Waals surface area contributed by atoms with Crippen molar-refractivity contribution >= 4 is 35.0 Å². The highest BCUT2D eigenvalue weighted by molar-refractivity contribution is 8.00. The Hall–Kier alpha value is -2.06. The number of hydrogen-bond donors (Lipinski definition) is 1. The van der Waals surface area contributed by atoms with Crippen LogP contribution in [-0.4, -0.2) is 24.9 Å². The average molecular weight is 404 g/mol. The fourth-order valence-electron chi connectivity index (χ4n) is 2.28. The molecular weight excluding hydrogens is 391 g/mol. The van der Waals surface area contributed by atoms with Gasteiger partial charge in [-0.2, -0.15) is 13.2 Å². The van der Waals surface area contributed by atoms with Gasteiger partial charge in [-0.05, 0) is 30.3 Å². The maximum atomic E-state index is 12.9. The summed E-state index contributed by atoms with van der Waals surface area (Å²) in [6.07, 6.45) is -4.54. The molecule has 0 saturated carbocycles. The molecule has 1 aliphatic heterocycles. The third kappa shape index (κ3) is 4.56. The van der Waals surface area contributed by atoms with Crippen molar-refractivity contribution in [1.82, 2.24) is 0 Å². The standard InChI is InChI=1S/C17H13ClF3NO3S/c18-13-3-2-11(8-12(13)17(19,20)21)26-9-16(23)22-10-1-4-14-15(7-10)25-6-5-24-14/h1-4,7-8H,5-6,9H2,(H,22,23). The summed E-state index contributed by atoms with van der Waals surface area (Å²) in [4.78, 5) is 12.4. The fourth-order valence-corrected chi connectivity index (χ4v) is 3.24. The Labute approximate surface area is 156 Å². The van der Waals surface area contributed by atoms with Gasteiger partial charge in [-0.25, -0.2) is 0 Å². The number of ether oxygens (including phenoxy) is 2. The van der Waals surface area contributed by atoms with Gasteiger partial charge in [0.25, 0.3) is 0 Å². The van der Waals surface area contributed by atoms with E-state index >= 15 is 0 Å². The second-order valence-corrected chi connectivity index (χ2v) is 6.79. The lowest BCUT2D eigenvalue weighted by molar-refractivity contribution is -0.137. The number of thioether (sulfide) groups is 1. The highest BCUT2D eigenvalue weighted by Crippen LogP contribution is 2.37. The minimum atomic E-state index is -4.54. The summed E-state index contributed by atoms with van der Waals surface area (Å²) < 4.78 is 49.4. The van der Waals surface area contributed by atoms with Gasteiger partial charge in [0.05, 0.1) is 16.3 Å². The number of alkyl halides is 3. The Morgan fingerprint density at radius 3 is 2.58 bits per heavy atom. The van der Waals surface area contributed by atoms with Gasteiger partial charge < -0.3 is 14.8 Å². The van der Waals surface area contributed by atoms with Crippen LogP contribution >= 0.6 is 23.4 Å². The first-order valence-corrected chi connectivity index (χ1v) is 8.88. The third-order valence-electron chi connectivity index (χ3n) is 3.44. The van der Waals surface area contributed by atoms with Crippen LogP contribution in [0.25, 0.3) is 0 Å². The highest BCUT2D eigenvalue weighted by atomic mass is 35.5. The minimum Gasteiger partial charge on any atom is -0.486 e. The van der Waals surface area contributed by atoms with Crippen LogP contribution in [0.3, 0.4) is 0 Å². The molecule has 0 radical (unpaired) electrons. The second kappa shape index (κ2) is 7.67. The van der Waals surface area contributed by atoms with Gasteiger partial charge in [0.15, 0.2) is 11.5 Å². The molecule has 4 nitrogen and oxygen atoms in total. The molecule has 0 aliphatic carbocycles. The molecule has 1 N–H and O–H groups in total. The van der Waals surface area contributed by atoms with E-state index in [1.807, 2.05) is 0 Å². The summed E-state index contributed by atoms with van der Waals surface area (Å²) in [6.45, 7) is 0.898. The fraction of sp³-hybridized carbons (Fsp3) is 0.235. The van der Waals surface area contributed by atoms with Gasteiger partial charge >= 0.3 is 6.18 Å². The number of carbonyl (C=O) groups excluding carboxylic acids is 1. The van der Waals surface area contributed by atoms with Crippen molar-refractivity contribution in [3.63, 3.8) is 0 Å². The number of hydrogen-bond acceptors (Lipinski definition) is 4. The molecule has 0 saturated heterocycles. The Kier molecular flexibility index (Phi) is 5.52. The molecule has 0 atom stereocenters. The van der Waals surface area contributed by atoms with E-state index in [2.05, 4.69) is 5.32 Å². The Morgan fingerprint density at radius 2 is 1.85 bits per heavy atom. The predicted octanol–water partition coefficient (Wildman–Crippen LogP) is 4.86. The quantitative estimate of drug-likeness (QED) is 0.740. The zero-order valence-electron chi connectivity index (χ0n) is 13.2. The molecule has 0 fully saturated rings. The Balaban J connectivity index is 1.61. The highest BCUT2D eigenvalue weighted by Gasteiger charge is 2.33. The first kappa shape index (κ1) is 18.7. The SMILES string of the molecule is O=C(CSc1ccc(Cl)c(C(F)(F)F)c1)Nc1ccc2c(c1)OCCO2. The van der Waals surface area contributed by atoms with E-state index in [4.69, 9.17) is 21.1 Å². The summed E-state index contributed by atoms with van der Waals surface area (Å²) >= 11 is 6.57. The van der Waals surface area contributed by atoms with Gasteiger partial charge in [-0.15, -0.1) is 11.8 Å². The smallest absolute Gasteiger partial charge is 0.417 e. The molecule has 3 rings (SSSR count). The molecule has 1 aliphatic rings. The number of rotatable bonds is 4. The number of benzene rings is 2. The van der Waals surface area contributed by atoms with Crippen LogP contribution in [0, 0.1) is 0 Å². The molecule has 138 valence electrons. The third-order valence-corrected chi connectivity index (χ3v) is 4.76. The molecule has 0 spiro atoms. The van der Waals surface area contributed by atoms with Crippen LogP contribution in [0.2, 0.25) is 5.02 Å². The number of carbonyl (C=O) groups is 1. The van der Waals surface area contributed by atoms with Gasteiger partial charge in [-0.1, -0.05) is 11.6 Å². The molecular formula is C17H13ClF3NO3S. The number of nitrogens with one attached hydrogen (secondary N) is 1. The monoisotopic (exact) mass is 403 g/mol. The van der Waals surface area contributed by atoms with E-state index in [-0.39, 0.29) is 16.7 Å². The lowest BCUT2D eigenvalue weighted by Crippen LogP contribution is -2.17. The maximum Gasteiger partial charge on any atom is 0.417 e. The number of fused-ring (bicyclic) bond motifs is 1. The van der Waals surface area contributed by atoms with Crippen molar-refractivity contribution in [2.45, 2.75) is 11.1 Å². The van der Waals surface area contributed by atoms with Crippen LogP contribution < -0.4 is 14.8 Å². The molecule has 1 amide bonds. The van der Waals surface area contributed by atoms with E-state index in [9.17, 15) is 18.0 Å². The molecule has 2 aromatic carbocycles. The summed E-state index contributed by atoms with van der Waals surface area (Å²) in [5.41, 5.74) is -0.400. The normalized spacial score (nSPS) is 13.4. The molecule has 0 unspecified atom stereocenters. The van der Waals surface area contributed by atoms with Crippen LogP contribution in [-0.2, 0) is 11.0 Å². The number of halogens is 4. The molecule has 26 heavy (non-hydrogen) atoms. The number of anilines is 1. The van der Waals surface area contributed by atoms with Crippen molar-refractivity contribution in [3.8, 4) is 11.5 Å². The summed E-state index contributed by atoms with van der Waals surface area (Å²) in [6, 6.07) is 8.54. The number of amides is 1. The molecule has 0 bridgehead atoms. The van der Waals surface area contributed by atoms with Crippen LogP contribution in [0.5, 0.6) is 11.5 Å². The summed E-state index contributed by atoms with van der Waals surface area (Å²) in [5.74, 6) is 0.738. The molecule has 0 aromatic heterocycles. The van der Waals surface area contributed by atoms with Crippen molar-refractivity contribution in [2.24, 2.45) is 0 Å². The predicted molar refractivity (Wildman–Crippen MR) is 93.2 cm³/mol. The van der Waals surface area contributed by atoms with Crippen molar-refractivity contribution in [3.05, 3.63) is 47.0 Å². The first-order valence-electron chi connectivity index (χ1n) is 7.52. The molecule has 1 heterocycles.